The lowest BCUT2D eigenvalue weighted by atomic mass is 10.1. The van der Waals surface area contributed by atoms with Crippen LogP contribution in [0.1, 0.15) is 18.1 Å². The van der Waals surface area contributed by atoms with E-state index in [1.807, 2.05) is 6.92 Å². The highest BCUT2D eigenvalue weighted by atomic mass is 35.5. The molecule has 0 aromatic heterocycles. The lowest BCUT2D eigenvalue weighted by Gasteiger charge is -2.32. The topological polar surface area (TPSA) is 96.0 Å². The number of hydrogen-bond acceptors (Lipinski definition) is 5. The van der Waals surface area contributed by atoms with Gasteiger partial charge in [0.25, 0.3) is 10.0 Å². The van der Waals surface area contributed by atoms with E-state index in [0.717, 1.165) is 9.87 Å². The van der Waals surface area contributed by atoms with Gasteiger partial charge in [0.2, 0.25) is 11.8 Å². The minimum atomic E-state index is -4.13. The van der Waals surface area contributed by atoms with Crippen LogP contribution in [0.25, 0.3) is 0 Å². The molecule has 0 spiro atoms. The minimum absolute atomic E-state index is 0.0219. The summed E-state index contributed by atoms with van der Waals surface area (Å²) >= 11 is 6.33. The Kier molecular flexibility index (Phi) is 9.18. The first-order valence-electron chi connectivity index (χ1n) is 11.6. The third kappa shape index (κ3) is 6.61. The fraction of sp³-hybridized carbons (Fsp3) is 0.259. The summed E-state index contributed by atoms with van der Waals surface area (Å²) in [5.41, 5.74) is 1.81. The van der Waals surface area contributed by atoms with Crippen LogP contribution in [0.5, 0.6) is 5.75 Å². The van der Waals surface area contributed by atoms with Gasteiger partial charge in [0.15, 0.2) is 0 Å². The predicted octanol–water partition coefficient (Wildman–Crippen LogP) is 4.02. The van der Waals surface area contributed by atoms with E-state index in [4.69, 9.17) is 16.3 Å². The molecule has 8 nitrogen and oxygen atoms in total. The highest BCUT2D eigenvalue weighted by Crippen LogP contribution is 2.27. The molecule has 3 rings (SSSR count). The Bertz CT molecular complexity index is 1350. The number of rotatable bonds is 10. The Morgan fingerprint density at radius 3 is 2.19 bits per heavy atom. The summed E-state index contributed by atoms with van der Waals surface area (Å²) in [7, 11) is -1.15. The highest BCUT2D eigenvalue weighted by molar-refractivity contribution is 7.92. The molecule has 0 aliphatic heterocycles. The second-order valence-corrected chi connectivity index (χ2v) is 10.7. The largest absolute Gasteiger partial charge is 0.497 e. The minimum Gasteiger partial charge on any atom is -0.497 e. The predicted molar refractivity (Wildman–Crippen MR) is 144 cm³/mol. The molecule has 3 aromatic carbocycles. The lowest BCUT2D eigenvalue weighted by molar-refractivity contribution is -0.139. The molecule has 0 bridgehead atoms. The Morgan fingerprint density at radius 1 is 1.00 bits per heavy atom. The molecule has 0 heterocycles. The molecule has 0 aliphatic rings. The van der Waals surface area contributed by atoms with E-state index >= 15 is 0 Å². The van der Waals surface area contributed by atoms with Crippen LogP contribution in [0, 0.1) is 6.92 Å². The molecule has 1 atom stereocenters. The zero-order valence-corrected chi connectivity index (χ0v) is 22.7. The molecule has 2 amide bonds. The van der Waals surface area contributed by atoms with Crippen LogP contribution < -0.4 is 14.4 Å². The standard InChI is InChI=1S/C27H30ClN3O5S/c1-19-9-15-24(16-10-19)37(34,35)31(22-11-13-23(36-4)14-12-22)18-26(32)30(20(2)27(33)29-3)17-21-7-5-6-8-25(21)28/h5-16,20H,17-18H2,1-4H3,(H,29,33)/t20-/m1/s1. The van der Waals surface area contributed by atoms with Crippen molar-refractivity contribution in [2.24, 2.45) is 0 Å². The van der Waals surface area contributed by atoms with E-state index < -0.39 is 34.4 Å². The maximum atomic E-state index is 13.8. The average Bonchev–Trinajstić information content (AvgIpc) is 2.90. The highest BCUT2D eigenvalue weighted by Gasteiger charge is 2.32. The van der Waals surface area contributed by atoms with Gasteiger partial charge in [0, 0.05) is 18.6 Å². The number of nitrogens with one attached hydrogen (secondary N) is 1. The first-order chi connectivity index (χ1) is 17.6. The van der Waals surface area contributed by atoms with Crippen molar-refractivity contribution in [3.63, 3.8) is 0 Å². The smallest absolute Gasteiger partial charge is 0.264 e. The maximum absolute atomic E-state index is 13.8. The van der Waals surface area contributed by atoms with Crippen LogP contribution in [-0.2, 0) is 26.2 Å². The van der Waals surface area contributed by atoms with Gasteiger partial charge in [-0.1, -0.05) is 47.5 Å². The second kappa shape index (κ2) is 12.1. The SMILES string of the molecule is CNC(=O)[C@@H](C)N(Cc1ccccc1Cl)C(=O)CN(c1ccc(OC)cc1)S(=O)(=O)c1ccc(C)cc1. The van der Waals surface area contributed by atoms with Gasteiger partial charge in [0.1, 0.15) is 18.3 Å². The molecule has 10 heteroatoms. The molecule has 3 aromatic rings. The van der Waals surface area contributed by atoms with E-state index in [0.29, 0.717) is 16.3 Å². The summed E-state index contributed by atoms with van der Waals surface area (Å²) in [5, 5.41) is 2.98. The fourth-order valence-corrected chi connectivity index (χ4v) is 5.33. The van der Waals surface area contributed by atoms with Gasteiger partial charge in [-0.3, -0.25) is 13.9 Å². The summed E-state index contributed by atoms with van der Waals surface area (Å²) in [4.78, 5) is 27.6. The quantitative estimate of drug-likeness (QED) is 0.417. The molecular formula is C27H30ClN3O5S. The number of aryl methyl sites for hydroxylation is 1. The van der Waals surface area contributed by atoms with Crippen molar-refractivity contribution in [3.05, 3.63) is 88.9 Å². The van der Waals surface area contributed by atoms with Crippen LogP contribution in [-0.4, -0.2) is 51.9 Å². The number of ether oxygens (including phenoxy) is 1. The summed E-state index contributed by atoms with van der Waals surface area (Å²) < 4.78 is 33.7. The first kappa shape index (κ1) is 28.0. The molecule has 37 heavy (non-hydrogen) atoms. The first-order valence-corrected chi connectivity index (χ1v) is 13.4. The van der Waals surface area contributed by atoms with Gasteiger partial charge < -0.3 is 15.0 Å². The molecule has 0 unspecified atom stereocenters. The molecule has 1 N–H and O–H groups in total. The van der Waals surface area contributed by atoms with Gasteiger partial charge >= 0.3 is 0 Å². The average molecular weight is 544 g/mol. The van der Waals surface area contributed by atoms with Crippen LogP contribution in [0.4, 0.5) is 5.69 Å². The fourth-order valence-electron chi connectivity index (χ4n) is 3.72. The van der Waals surface area contributed by atoms with Gasteiger partial charge in [-0.25, -0.2) is 8.42 Å². The third-order valence-corrected chi connectivity index (χ3v) is 8.12. The van der Waals surface area contributed by atoms with Gasteiger partial charge in [-0.05, 0) is 61.9 Å². The van der Waals surface area contributed by atoms with Crippen LogP contribution in [0.3, 0.4) is 0 Å². The molecule has 0 saturated heterocycles. The van der Waals surface area contributed by atoms with Crippen molar-refractivity contribution < 1.29 is 22.7 Å². The Labute approximate surface area is 222 Å². The van der Waals surface area contributed by atoms with E-state index in [1.165, 1.54) is 31.2 Å². The monoisotopic (exact) mass is 543 g/mol. The van der Waals surface area contributed by atoms with Crippen molar-refractivity contribution >= 4 is 39.1 Å². The van der Waals surface area contributed by atoms with Gasteiger partial charge in [-0.2, -0.15) is 0 Å². The van der Waals surface area contributed by atoms with E-state index in [-0.39, 0.29) is 17.1 Å². The summed E-state index contributed by atoms with van der Waals surface area (Å²) in [5.74, 6) is -0.420. The zero-order chi connectivity index (χ0) is 27.2. The number of sulfonamides is 1. The number of carbonyl (C=O) groups excluding carboxylic acids is 2. The van der Waals surface area contributed by atoms with Crippen LogP contribution >= 0.6 is 11.6 Å². The number of benzene rings is 3. The number of nitrogens with zero attached hydrogens (tertiary/aromatic N) is 2. The molecule has 196 valence electrons. The number of carbonyl (C=O) groups is 2. The number of methoxy groups -OCH3 is 1. The number of hydrogen-bond donors (Lipinski definition) is 1. The van der Waals surface area contributed by atoms with E-state index in [1.54, 1.807) is 67.6 Å². The third-order valence-electron chi connectivity index (χ3n) is 5.96. The normalized spacial score (nSPS) is 11.9. The van der Waals surface area contributed by atoms with Crippen molar-refractivity contribution in [1.82, 2.24) is 10.2 Å². The number of halogens is 1. The van der Waals surface area contributed by atoms with Crippen molar-refractivity contribution in [3.8, 4) is 5.75 Å². The molecule has 0 aliphatic carbocycles. The molecule has 0 fully saturated rings. The Balaban J connectivity index is 2.04. The molecule has 0 radical (unpaired) electrons. The maximum Gasteiger partial charge on any atom is 0.264 e. The lowest BCUT2D eigenvalue weighted by Crippen LogP contribution is -2.50. The number of amides is 2. The second-order valence-electron chi connectivity index (χ2n) is 8.43. The molecule has 0 saturated carbocycles. The zero-order valence-electron chi connectivity index (χ0n) is 21.1. The number of anilines is 1. The summed E-state index contributed by atoms with van der Waals surface area (Å²) in [6, 6.07) is 18.9. The van der Waals surface area contributed by atoms with E-state index in [2.05, 4.69) is 5.32 Å². The van der Waals surface area contributed by atoms with Crippen LogP contribution in [0.2, 0.25) is 5.02 Å². The Hall–Kier alpha value is -3.56. The van der Waals surface area contributed by atoms with E-state index in [9.17, 15) is 18.0 Å². The number of likely N-dealkylation sites (N-methyl/N-ethyl adjacent to an activating group) is 1. The van der Waals surface area contributed by atoms with Gasteiger partial charge in [-0.15, -0.1) is 0 Å². The summed E-state index contributed by atoms with van der Waals surface area (Å²) in [6.07, 6.45) is 0. The van der Waals surface area contributed by atoms with Crippen molar-refractivity contribution in [2.75, 3.05) is 25.0 Å². The van der Waals surface area contributed by atoms with Gasteiger partial charge in [0.05, 0.1) is 17.7 Å². The van der Waals surface area contributed by atoms with Crippen molar-refractivity contribution in [2.45, 2.75) is 31.3 Å². The van der Waals surface area contributed by atoms with Crippen LogP contribution in [0.15, 0.2) is 77.7 Å². The summed E-state index contributed by atoms with van der Waals surface area (Å²) in [6.45, 7) is 2.93. The van der Waals surface area contributed by atoms with Crippen molar-refractivity contribution in [1.29, 1.82) is 0 Å². The molecular weight excluding hydrogens is 514 g/mol. The Morgan fingerprint density at radius 2 is 1.62 bits per heavy atom.